The van der Waals surface area contributed by atoms with E-state index in [0.717, 1.165) is 16.1 Å². The minimum atomic E-state index is -3.66. The molecule has 3 aromatic rings. The van der Waals surface area contributed by atoms with E-state index in [1.54, 1.807) is 56.6 Å². The highest BCUT2D eigenvalue weighted by molar-refractivity contribution is 9.10. The third-order valence-corrected chi connectivity index (χ3v) is 5.97. The van der Waals surface area contributed by atoms with Crippen LogP contribution in [0.2, 0.25) is 0 Å². The van der Waals surface area contributed by atoms with Gasteiger partial charge in [-0.2, -0.15) is 0 Å². The van der Waals surface area contributed by atoms with Gasteiger partial charge in [0.15, 0.2) is 0 Å². The zero-order chi connectivity index (χ0) is 20.6. The number of amides is 1. The monoisotopic (exact) mass is 466 g/mol. The van der Waals surface area contributed by atoms with Crippen molar-refractivity contribution in [3.8, 4) is 0 Å². The van der Waals surface area contributed by atoms with E-state index in [0.29, 0.717) is 21.4 Å². The summed E-state index contributed by atoms with van der Waals surface area (Å²) in [5, 5.41) is 2.70. The molecule has 0 fully saturated rings. The van der Waals surface area contributed by atoms with Gasteiger partial charge in [-0.1, -0.05) is 22.0 Å². The molecule has 0 spiro atoms. The fourth-order valence-corrected chi connectivity index (χ4v) is 4.18. The molecule has 0 aliphatic carbocycles. The Balaban J connectivity index is 1.86. The fourth-order valence-electron chi connectivity index (χ4n) is 2.95. The lowest BCUT2D eigenvalue weighted by atomic mass is 10.2. The number of benzene rings is 2. The quantitative estimate of drug-likeness (QED) is 0.622. The zero-order valence-electron chi connectivity index (χ0n) is 15.5. The second-order valence-corrected chi connectivity index (χ2v) is 9.22. The number of anilines is 2. The molecule has 2 aromatic carbocycles. The highest BCUT2D eigenvalue weighted by atomic mass is 79.9. The number of hydrogen-bond acceptors (Lipinski definition) is 4. The summed E-state index contributed by atoms with van der Waals surface area (Å²) in [5.41, 5.74) is 2.08. The van der Waals surface area contributed by atoms with E-state index in [2.05, 4.69) is 21.2 Å². The summed E-state index contributed by atoms with van der Waals surface area (Å²) >= 11 is 3.30. The number of carbonyl (C=O) groups excluding carboxylic acids is 1. The number of rotatable bonds is 5. The summed E-state index contributed by atoms with van der Waals surface area (Å²) in [4.78, 5) is 24.5. The van der Waals surface area contributed by atoms with Gasteiger partial charge in [0.1, 0.15) is 6.54 Å². The smallest absolute Gasteiger partial charge is 0.324 e. The molecule has 0 saturated heterocycles. The van der Waals surface area contributed by atoms with Gasteiger partial charge in [0.05, 0.1) is 23.0 Å². The van der Waals surface area contributed by atoms with Gasteiger partial charge in [0.2, 0.25) is 15.9 Å². The predicted octanol–water partition coefficient (Wildman–Crippen LogP) is 2.04. The number of sulfonamides is 1. The van der Waals surface area contributed by atoms with Crippen LogP contribution in [0.15, 0.2) is 51.7 Å². The number of aromatic nitrogens is 2. The summed E-state index contributed by atoms with van der Waals surface area (Å²) in [6, 6.07) is 11.8. The van der Waals surface area contributed by atoms with Crippen molar-refractivity contribution in [1.29, 1.82) is 0 Å². The van der Waals surface area contributed by atoms with Gasteiger partial charge in [-0.3, -0.25) is 18.2 Å². The van der Waals surface area contributed by atoms with Gasteiger partial charge < -0.3 is 5.32 Å². The van der Waals surface area contributed by atoms with Gasteiger partial charge in [-0.15, -0.1) is 0 Å². The Bertz CT molecular complexity index is 1230. The van der Waals surface area contributed by atoms with Gasteiger partial charge >= 0.3 is 5.69 Å². The molecular formula is C18H19BrN4O4S. The van der Waals surface area contributed by atoms with Gasteiger partial charge in [-0.25, -0.2) is 13.2 Å². The van der Waals surface area contributed by atoms with E-state index in [9.17, 15) is 18.0 Å². The molecule has 0 saturated carbocycles. The molecule has 0 bridgehead atoms. The van der Waals surface area contributed by atoms with E-state index in [4.69, 9.17) is 0 Å². The number of fused-ring (bicyclic) bond motifs is 1. The average molecular weight is 467 g/mol. The standard InChI is InChI=1S/C18H19BrN4O4S/c1-21-15-8-7-13(10-16(15)22(2)18(21)25)20-17(24)11-23(28(3,26)27)14-6-4-5-12(19)9-14/h4-10H,11H2,1-3H3,(H,20,24). The van der Waals surface area contributed by atoms with Crippen LogP contribution in [0, 0.1) is 0 Å². The Kier molecular flexibility index (Phi) is 5.35. The molecule has 0 aliphatic rings. The molecule has 1 N–H and O–H groups in total. The minimum absolute atomic E-state index is 0.170. The number of carbonyl (C=O) groups is 1. The molecule has 0 unspecified atom stereocenters. The highest BCUT2D eigenvalue weighted by Gasteiger charge is 2.21. The molecule has 1 aromatic heterocycles. The third-order valence-electron chi connectivity index (χ3n) is 4.34. The first-order valence-corrected chi connectivity index (χ1v) is 10.9. The normalized spacial score (nSPS) is 11.6. The Morgan fingerprint density at radius 3 is 2.43 bits per heavy atom. The van der Waals surface area contributed by atoms with Crippen LogP contribution in [0.1, 0.15) is 0 Å². The third kappa shape index (κ3) is 3.97. The van der Waals surface area contributed by atoms with Crippen molar-refractivity contribution >= 4 is 54.3 Å². The highest BCUT2D eigenvalue weighted by Crippen LogP contribution is 2.22. The van der Waals surface area contributed by atoms with Crippen molar-refractivity contribution in [3.05, 3.63) is 57.4 Å². The molecule has 148 valence electrons. The first-order valence-electron chi connectivity index (χ1n) is 8.26. The van der Waals surface area contributed by atoms with Gasteiger partial charge in [0.25, 0.3) is 0 Å². The molecule has 0 aliphatic heterocycles. The summed E-state index contributed by atoms with van der Waals surface area (Å²) < 4.78 is 29.1. The predicted molar refractivity (Wildman–Crippen MR) is 113 cm³/mol. The largest absolute Gasteiger partial charge is 0.328 e. The van der Waals surface area contributed by atoms with E-state index in [1.807, 2.05) is 0 Å². The van der Waals surface area contributed by atoms with Crippen LogP contribution in [-0.2, 0) is 28.9 Å². The molecule has 28 heavy (non-hydrogen) atoms. The van der Waals surface area contributed by atoms with Crippen molar-refractivity contribution in [2.24, 2.45) is 14.1 Å². The first kappa shape index (κ1) is 20.2. The van der Waals surface area contributed by atoms with Crippen LogP contribution in [-0.4, -0.2) is 36.3 Å². The molecule has 8 nitrogen and oxygen atoms in total. The lowest BCUT2D eigenvalue weighted by Crippen LogP contribution is -2.37. The molecule has 1 amide bonds. The second kappa shape index (κ2) is 7.44. The number of nitrogens with zero attached hydrogens (tertiary/aromatic N) is 3. The fraction of sp³-hybridized carbons (Fsp3) is 0.222. The Morgan fingerprint density at radius 1 is 1.11 bits per heavy atom. The summed E-state index contributed by atoms with van der Waals surface area (Å²) in [6.07, 6.45) is 1.05. The minimum Gasteiger partial charge on any atom is -0.324 e. The lowest BCUT2D eigenvalue weighted by molar-refractivity contribution is -0.114. The Labute approximate surface area is 170 Å². The van der Waals surface area contributed by atoms with Crippen LogP contribution in [0.4, 0.5) is 11.4 Å². The number of imidazole rings is 1. The summed E-state index contributed by atoms with van der Waals surface area (Å²) in [6.45, 7) is -0.374. The average Bonchev–Trinajstić information content (AvgIpc) is 2.83. The van der Waals surface area contributed by atoms with Crippen LogP contribution in [0.25, 0.3) is 11.0 Å². The molecule has 0 radical (unpaired) electrons. The maximum absolute atomic E-state index is 12.5. The van der Waals surface area contributed by atoms with Crippen molar-refractivity contribution in [2.45, 2.75) is 0 Å². The number of halogens is 1. The molecule has 3 rings (SSSR count). The number of aryl methyl sites for hydroxylation is 2. The zero-order valence-corrected chi connectivity index (χ0v) is 17.9. The number of hydrogen-bond donors (Lipinski definition) is 1. The Hall–Kier alpha value is -2.59. The molecule has 0 atom stereocenters. The van der Waals surface area contributed by atoms with Crippen LogP contribution < -0.4 is 15.3 Å². The Morgan fingerprint density at radius 2 is 1.79 bits per heavy atom. The molecular weight excluding hydrogens is 448 g/mol. The number of nitrogens with one attached hydrogen (secondary N) is 1. The van der Waals surface area contributed by atoms with Crippen LogP contribution in [0.3, 0.4) is 0 Å². The van der Waals surface area contributed by atoms with Crippen molar-refractivity contribution in [1.82, 2.24) is 9.13 Å². The van der Waals surface area contributed by atoms with Crippen molar-refractivity contribution in [2.75, 3.05) is 22.4 Å². The topological polar surface area (TPSA) is 93.4 Å². The van der Waals surface area contributed by atoms with Gasteiger partial charge in [-0.05, 0) is 36.4 Å². The van der Waals surface area contributed by atoms with Crippen molar-refractivity contribution < 1.29 is 13.2 Å². The summed E-state index contributed by atoms with van der Waals surface area (Å²) in [5.74, 6) is -0.495. The van der Waals surface area contributed by atoms with Gasteiger partial charge in [0, 0.05) is 24.3 Å². The SMILES string of the molecule is Cn1c(=O)n(C)c2cc(NC(=O)CN(c3cccc(Br)c3)S(C)(=O)=O)ccc21. The molecule has 1 heterocycles. The van der Waals surface area contributed by atoms with Crippen LogP contribution in [0.5, 0.6) is 0 Å². The van der Waals surface area contributed by atoms with Crippen molar-refractivity contribution in [3.63, 3.8) is 0 Å². The maximum Gasteiger partial charge on any atom is 0.328 e. The van der Waals surface area contributed by atoms with Crippen LogP contribution >= 0.6 is 15.9 Å². The maximum atomic E-state index is 12.5. The van der Waals surface area contributed by atoms with E-state index in [-0.39, 0.29) is 12.2 Å². The molecule has 10 heteroatoms. The van der Waals surface area contributed by atoms with E-state index in [1.165, 1.54) is 9.13 Å². The summed E-state index contributed by atoms with van der Waals surface area (Å²) in [7, 11) is -0.344. The lowest BCUT2D eigenvalue weighted by Gasteiger charge is -2.22. The second-order valence-electron chi connectivity index (χ2n) is 6.40. The first-order chi connectivity index (χ1) is 13.1. The van der Waals surface area contributed by atoms with E-state index < -0.39 is 15.9 Å². The van der Waals surface area contributed by atoms with E-state index >= 15 is 0 Å².